The molecule has 6 heteroatoms. The first-order chi connectivity index (χ1) is 8.04. The molecule has 1 rings (SSSR count). The summed E-state index contributed by atoms with van der Waals surface area (Å²) in [5.74, 6) is 0.681. The number of hydrogen-bond donors (Lipinski definition) is 2. The maximum atomic E-state index is 11.8. The Kier molecular flexibility index (Phi) is 8.44. The number of anilines is 1. The summed E-state index contributed by atoms with van der Waals surface area (Å²) in [5.41, 5.74) is 7.43. The van der Waals surface area contributed by atoms with E-state index in [9.17, 15) is 4.79 Å². The number of nitrogens with two attached hydrogens (primary N) is 1. The summed E-state index contributed by atoms with van der Waals surface area (Å²) in [6, 6.07) is 5.01. The molecule has 0 radical (unpaired) electrons. The van der Waals surface area contributed by atoms with Gasteiger partial charge in [0.2, 0.25) is 5.91 Å². The lowest BCUT2D eigenvalue weighted by Crippen LogP contribution is -2.36. The van der Waals surface area contributed by atoms with Gasteiger partial charge in [-0.2, -0.15) is 11.8 Å². The Hall–Kier alpha value is -0.420. The van der Waals surface area contributed by atoms with Crippen LogP contribution >= 0.6 is 35.8 Å². The highest BCUT2D eigenvalue weighted by Gasteiger charge is 2.14. The Morgan fingerprint density at radius 1 is 1.56 bits per heavy atom. The Morgan fingerprint density at radius 3 is 2.78 bits per heavy atom. The normalized spacial score (nSPS) is 11.6. The molecule has 0 aliphatic carbocycles. The van der Waals surface area contributed by atoms with Gasteiger partial charge in [0.25, 0.3) is 0 Å². The van der Waals surface area contributed by atoms with Gasteiger partial charge in [-0.1, -0.05) is 17.7 Å². The Morgan fingerprint density at radius 2 is 2.22 bits per heavy atom. The summed E-state index contributed by atoms with van der Waals surface area (Å²) in [4.78, 5) is 11.8. The number of carbonyl (C=O) groups excluding carboxylic acids is 1. The van der Waals surface area contributed by atoms with Crippen molar-refractivity contribution in [2.75, 3.05) is 17.3 Å². The summed E-state index contributed by atoms with van der Waals surface area (Å²) in [6.45, 7) is 1.95. The lowest BCUT2D eigenvalue weighted by molar-refractivity contribution is -0.117. The van der Waals surface area contributed by atoms with Gasteiger partial charge in [0.1, 0.15) is 0 Å². The summed E-state index contributed by atoms with van der Waals surface area (Å²) < 4.78 is 0. The van der Waals surface area contributed by atoms with Crippen molar-refractivity contribution in [2.45, 2.75) is 19.4 Å². The lowest BCUT2D eigenvalue weighted by atomic mass is 10.2. The number of nitrogens with one attached hydrogen (secondary N) is 1. The zero-order chi connectivity index (χ0) is 12.8. The molecule has 1 atom stereocenters. The van der Waals surface area contributed by atoms with Crippen molar-refractivity contribution in [3.05, 3.63) is 28.8 Å². The average molecular weight is 309 g/mol. The second-order valence-corrected chi connectivity index (χ2v) is 5.25. The number of benzene rings is 1. The first kappa shape index (κ1) is 17.6. The van der Waals surface area contributed by atoms with E-state index in [1.807, 2.05) is 25.3 Å². The van der Waals surface area contributed by atoms with Gasteiger partial charge in [-0.3, -0.25) is 4.79 Å². The van der Waals surface area contributed by atoms with Crippen LogP contribution in [0.15, 0.2) is 18.2 Å². The summed E-state index contributed by atoms with van der Waals surface area (Å²) >= 11 is 7.70. The Labute approximate surface area is 123 Å². The van der Waals surface area contributed by atoms with Gasteiger partial charge in [-0.25, -0.2) is 0 Å². The van der Waals surface area contributed by atoms with E-state index in [1.54, 1.807) is 17.8 Å². The molecule has 0 spiro atoms. The maximum Gasteiger partial charge on any atom is 0.241 e. The molecule has 18 heavy (non-hydrogen) atoms. The molecular weight excluding hydrogens is 291 g/mol. The van der Waals surface area contributed by atoms with E-state index >= 15 is 0 Å². The van der Waals surface area contributed by atoms with Crippen LogP contribution in [-0.2, 0) is 4.79 Å². The van der Waals surface area contributed by atoms with Crippen LogP contribution < -0.4 is 11.1 Å². The Balaban J connectivity index is 0.00000289. The quantitative estimate of drug-likeness (QED) is 0.879. The first-order valence-electron chi connectivity index (χ1n) is 5.36. The molecule has 3 nitrogen and oxygen atoms in total. The minimum atomic E-state index is -0.486. The van der Waals surface area contributed by atoms with Crippen LogP contribution in [0.3, 0.4) is 0 Å². The van der Waals surface area contributed by atoms with Crippen molar-refractivity contribution >= 4 is 47.4 Å². The van der Waals surface area contributed by atoms with Gasteiger partial charge in [0, 0.05) is 0 Å². The zero-order valence-electron chi connectivity index (χ0n) is 10.4. The number of aryl methyl sites for hydroxylation is 1. The number of thioether (sulfide) groups is 1. The van der Waals surface area contributed by atoms with Crippen LogP contribution in [-0.4, -0.2) is 24.0 Å². The van der Waals surface area contributed by atoms with Crippen molar-refractivity contribution in [3.63, 3.8) is 0 Å². The minimum Gasteiger partial charge on any atom is -0.323 e. The van der Waals surface area contributed by atoms with E-state index in [1.165, 1.54) is 0 Å². The smallest absolute Gasteiger partial charge is 0.241 e. The molecule has 3 N–H and O–H groups in total. The number of amides is 1. The summed E-state index contributed by atoms with van der Waals surface area (Å²) in [6.07, 6.45) is 2.65. The SMILES string of the molecule is CSCC[C@H](N)C(=O)Nc1ccc(C)cc1Cl.Cl. The molecule has 1 amide bonds. The summed E-state index contributed by atoms with van der Waals surface area (Å²) in [7, 11) is 0. The highest BCUT2D eigenvalue weighted by atomic mass is 35.5. The van der Waals surface area contributed by atoms with Crippen molar-refractivity contribution in [1.82, 2.24) is 0 Å². The maximum absolute atomic E-state index is 11.8. The first-order valence-corrected chi connectivity index (χ1v) is 7.13. The van der Waals surface area contributed by atoms with E-state index < -0.39 is 6.04 Å². The number of carbonyl (C=O) groups is 1. The fourth-order valence-corrected chi connectivity index (χ4v) is 2.09. The van der Waals surface area contributed by atoms with Gasteiger partial charge in [-0.05, 0) is 43.0 Å². The second kappa shape index (κ2) is 8.64. The average Bonchev–Trinajstić information content (AvgIpc) is 2.29. The van der Waals surface area contributed by atoms with Crippen LogP contribution in [0, 0.1) is 6.92 Å². The van der Waals surface area contributed by atoms with Gasteiger partial charge in [0.05, 0.1) is 16.8 Å². The number of hydrogen-bond acceptors (Lipinski definition) is 3. The highest BCUT2D eigenvalue weighted by molar-refractivity contribution is 7.98. The standard InChI is InChI=1S/C12H17ClN2OS.ClH/c1-8-3-4-11(9(13)7-8)15-12(16)10(14)5-6-17-2;/h3-4,7,10H,5-6,14H2,1-2H3,(H,15,16);1H/t10-;/m0./s1. The van der Waals surface area contributed by atoms with Crippen molar-refractivity contribution in [1.29, 1.82) is 0 Å². The third-order valence-electron chi connectivity index (χ3n) is 2.35. The predicted molar refractivity (Wildman–Crippen MR) is 83.0 cm³/mol. The zero-order valence-corrected chi connectivity index (χ0v) is 12.8. The third kappa shape index (κ3) is 5.48. The van der Waals surface area contributed by atoms with Crippen LogP contribution in [0.1, 0.15) is 12.0 Å². The molecule has 0 fully saturated rings. The lowest BCUT2D eigenvalue weighted by Gasteiger charge is -2.12. The van der Waals surface area contributed by atoms with Gasteiger partial charge in [-0.15, -0.1) is 12.4 Å². The van der Waals surface area contributed by atoms with Gasteiger partial charge < -0.3 is 11.1 Å². The molecule has 1 aromatic carbocycles. The molecule has 0 heterocycles. The van der Waals surface area contributed by atoms with E-state index in [0.717, 1.165) is 11.3 Å². The Bertz CT molecular complexity index is 402. The van der Waals surface area contributed by atoms with Crippen LogP contribution in [0.2, 0.25) is 5.02 Å². The fourth-order valence-electron chi connectivity index (χ4n) is 1.32. The fraction of sp³-hybridized carbons (Fsp3) is 0.417. The topological polar surface area (TPSA) is 55.1 Å². The molecule has 1 aromatic rings. The van der Waals surface area contributed by atoms with Gasteiger partial charge in [0.15, 0.2) is 0 Å². The van der Waals surface area contributed by atoms with Crippen molar-refractivity contribution < 1.29 is 4.79 Å². The summed E-state index contributed by atoms with van der Waals surface area (Å²) in [5, 5.41) is 3.28. The molecule has 0 saturated heterocycles. The number of halogens is 2. The van der Waals surface area contributed by atoms with Crippen molar-refractivity contribution in [3.8, 4) is 0 Å². The molecule has 0 aromatic heterocycles. The molecule has 0 aliphatic rings. The van der Waals surface area contributed by atoms with E-state index in [-0.39, 0.29) is 18.3 Å². The largest absolute Gasteiger partial charge is 0.323 e. The van der Waals surface area contributed by atoms with Gasteiger partial charge >= 0.3 is 0 Å². The van der Waals surface area contributed by atoms with E-state index in [0.29, 0.717) is 17.1 Å². The van der Waals surface area contributed by atoms with E-state index in [2.05, 4.69) is 5.32 Å². The molecule has 0 unspecified atom stereocenters. The van der Waals surface area contributed by atoms with Crippen LogP contribution in [0.5, 0.6) is 0 Å². The predicted octanol–water partition coefficient (Wildman–Crippen LogP) is 3.09. The van der Waals surface area contributed by atoms with Crippen molar-refractivity contribution in [2.24, 2.45) is 5.73 Å². The second-order valence-electron chi connectivity index (χ2n) is 3.86. The highest BCUT2D eigenvalue weighted by Crippen LogP contribution is 2.22. The molecule has 0 bridgehead atoms. The minimum absolute atomic E-state index is 0. The monoisotopic (exact) mass is 308 g/mol. The molecular formula is C12H18Cl2N2OS. The molecule has 0 aliphatic heterocycles. The molecule has 0 saturated carbocycles. The molecule has 102 valence electrons. The van der Waals surface area contributed by atoms with Crippen LogP contribution in [0.4, 0.5) is 5.69 Å². The number of rotatable bonds is 5. The van der Waals surface area contributed by atoms with E-state index in [4.69, 9.17) is 17.3 Å². The van der Waals surface area contributed by atoms with Crippen LogP contribution in [0.25, 0.3) is 0 Å². The third-order valence-corrected chi connectivity index (χ3v) is 3.31.